The van der Waals surface area contributed by atoms with Crippen molar-refractivity contribution in [3.63, 3.8) is 0 Å². The number of hydrogen-bond acceptors (Lipinski definition) is 2. The third-order valence-electron chi connectivity index (χ3n) is 3.59. The number of nitrogens with one attached hydrogen (secondary N) is 1. The van der Waals surface area contributed by atoms with Crippen LogP contribution in [-0.2, 0) is 11.2 Å². The van der Waals surface area contributed by atoms with Gasteiger partial charge in [0.25, 0.3) is 0 Å². The number of benzene rings is 2. The maximum absolute atomic E-state index is 11.3. The first kappa shape index (κ1) is 14.5. The molecular formula is C17H14ClNO3. The SMILES string of the molecule is COc1ccccc1-c1[nH]c2c(Cl)cccc2c1CC(=O)O. The van der Waals surface area contributed by atoms with E-state index in [1.54, 1.807) is 13.2 Å². The Morgan fingerprint density at radius 1 is 1.23 bits per heavy atom. The van der Waals surface area contributed by atoms with E-state index in [9.17, 15) is 9.90 Å². The van der Waals surface area contributed by atoms with Crippen LogP contribution in [-0.4, -0.2) is 23.2 Å². The van der Waals surface area contributed by atoms with E-state index in [1.165, 1.54) is 0 Å². The van der Waals surface area contributed by atoms with E-state index >= 15 is 0 Å². The minimum atomic E-state index is -0.892. The second-order valence-corrected chi connectivity index (χ2v) is 5.32. The number of methoxy groups -OCH3 is 1. The third kappa shape index (κ3) is 2.42. The van der Waals surface area contributed by atoms with Gasteiger partial charge in [-0.05, 0) is 23.8 Å². The van der Waals surface area contributed by atoms with Gasteiger partial charge in [0.2, 0.25) is 0 Å². The molecule has 0 fully saturated rings. The monoisotopic (exact) mass is 315 g/mol. The summed E-state index contributed by atoms with van der Waals surface area (Å²) in [5, 5.41) is 10.6. The van der Waals surface area contributed by atoms with Crippen molar-refractivity contribution in [2.75, 3.05) is 7.11 Å². The molecule has 0 saturated carbocycles. The van der Waals surface area contributed by atoms with E-state index in [2.05, 4.69) is 4.98 Å². The number of carboxylic acid groups (broad SMARTS) is 1. The first-order valence-electron chi connectivity index (χ1n) is 6.76. The molecule has 1 aromatic heterocycles. The van der Waals surface area contributed by atoms with Gasteiger partial charge in [-0.1, -0.05) is 35.9 Å². The van der Waals surface area contributed by atoms with Crippen LogP contribution in [0.4, 0.5) is 0 Å². The van der Waals surface area contributed by atoms with Gasteiger partial charge in [-0.2, -0.15) is 0 Å². The average Bonchev–Trinajstić information content (AvgIpc) is 2.87. The van der Waals surface area contributed by atoms with E-state index in [1.807, 2.05) is 36.4 Å². The van der Waals surface area contributed by atoms with Gasteiger partial charge in [0.15, 0.2) is 0 Å². The molecule has 112 valence electrons. The smallest absolute Gasteiger partial charge is 0.307 e. The lowest BCUT2D eigenvalue weighted by Crippen LogP contribution is -2.01. The fourth-order valence-corrected chi connectivity index (χ4v) is 2.88. The first-order valence-corrected chi connectivity index (χ1v) is 7.14. The minimum Gasteiger partial charge on any atom is -0.496 e. The highest BCUT2D eigenvalue weighted by atomic mass is 35.5. The maximum atomic E-state index is 11.3. The molecule has 0 saturated heterocycles. The van der Waals surface area contributed by atoms with Gasteiger partial charge in [0, 0.05) is 10.9 Å². The lowest BCUT2D eigenvalue weighted by Gasteiger charge is -2.08. The topological polar surface area (TPSA) is 62.3 Å². The quantitative estimate of drug-likeness (QED) is 0.761. The zero-order chi connectivity index (χ0) is 15.7. The summed E-state index contributed by atoms with van der Waals surface area (Å²) < 4.78 is 5.39. The number of carboxylic acids is 1. The molecule has 2 N–H and O–H groups in total. The van der Waals surface area contributed by atoms with Gasteiger partial charge in [-0.15, -0.1) is 0 Å². The predicted molar refractivity (Wildman–Crippen MR) is 86.6 cm³/mol. The molecule has 0 amide bonds. The third-order valence-corrected chi connectivity index (χ3v) is 3.91. The Morgan fingerprint density at radius 2 is 2.00 bits per heavy atom. The molecule has 4 nitrogen and oxygen atoms in total. The molecule has 0 atom stereocenters. The molecule has 3 aromatic rings. The van der Waals surface area contributed by atoms with Gasteiger partial charge >= 0.3 is 5.97 Å². The molecule has 0 aliphatic carbocycles. The van der Waals surface area contributed by atoms with Crippen molar-refractivity contribution in [2.45, 2.75) is 6.42 Å². The largest absolute Gasteiger partial charge is 0.496 e. The van der Waals surface area contributed by atoms with Crippen molar-refractivity contribution in [3.05, 3.63) is 53.1 Å². The molecular weight excluding hydrogens is 302 g/mol. The van der Waals surface area contributed by atoms with Gasteiger partial charge in [0.1, 0.15) is 5.75 Å². The van der Waals surface area contributed by atoms with Crippen molar-refractivity contribution in [1.82, 2.24) is 4.98 Å². The standard InChI is InChI=1S/C17H14ClNO3/c1-22-14-8-3-2-5-11(14)16-12(9-15(20)21)10-6-4-7-13(18)17(10)19-16/h2-8,19H,9H2,1H3,(H,20,21). The van der Waals surface area contributed by atoms with Crippen LogP contribution >= 0.6 is 11.6 Å². The van der Waals surface area contributed by atoms with E-state index in [0.29, 0.717) is 16.3 Å². The molecule has 0 bridgehead atoms. The lowest BCUT2D eigenvalue weighted by atomic mass is 10.0. The summed E-state index contributed by atoms with van der Waals surface area (Å²) in [6.07, 6.45) is -0.0896. The molecule has 22 heavy (non-hydrogen) atoms. The highest BCUT2D eigenvalue weighted by Crippen LogP contribution is 2.37. The number of ether oxygens (including phenoxy) is 1. The summed E-state index contributed by atoms with van der Waals surface area (Å²) in [6, 6.07) is 12.9. The van der Waals surface area contributed by atoms with E-state index in [-0.39, 0.29) is 6.42 Å². The lowest BCUT2D eigenvalue weighted by molar-refractivity contribution is -0.136. The number of carbonyl (C=O) groups is 1. The average molecular weight is 316 g/mol. The Hall–Kier alpha value is -2.46. The van der Waals surface area contributed by atoms with Gasteiger partial charge in [-0.25, -0.2) is 0 Å². The Kier molecular flexibility index (Phi) is 3.77. The molecule has 0 radical (unpaired) electrons. The number of H-pyrrole nitrogens is 1. The van der Waals surface area contributed by atoms with Crippen LogP contribution in [0.25, 0.3) is 22.2 Å². The fourth-order valence-electron chi connectivity index (χ4n) is 2.65. The van der Waals surface area contributed by atoms with Crippen LogP contribution in [0, 0.1) is 0 Å². The van der Waals surface area contributed by atoms with Crippen molar-refractivity contribution in [3.8, 4) is 17.0 Å². The molecule has 1 heterocycles. The molecule has 0 aliphatic rings. The number of rotatable bonds is 4. The first-order chi connectivity index (χ1) is 10.6. The second kappa shape index (κ2) is 5.73. The summed E-state index contributed by atoms with van der Waals surface area (Å²) >= 11 is 6.23. The normalized spacial score (nSPS) is 10.8. The highest BCUT2D eigenvalue weighted by molar-refractivity contribution is 6.35. The van der Waals surface area contributed by atoms with Crippen molar-refractivity contribution >= 4 is 28.5 Å². The van der Waals surface area contributed by atoms with Crippen molar-refractivity contribution < 1.29 is 14.6 Å². The number of hydrogen-bond donors (Lipinski definition) is 2. The number of halogens is 1. The van der Waals surface area contributed by atoms with Crippen LogP contribution in [0.3, 0.4) is 0 Å². The summed E-state index contributed by atoms with van der Waals surface area (Å²) in [5.41, 5.74) is 2.98. The summed E-state index contributed by atoms with van der Waals surface area (Å²) in [6.45, 7) is 0. The number of aromatic nitrogens is 1. The Morgan fingerprint density at radius 3 is 2.73 bits per heavy atom. The minimum absolute atomic E-state index is 0.0896. The van der Waals surface area contributed by atoms with Crippen LogP contribution < -0.4 is 4.74 Å². The van der Waals surface area contributed by atoms with E-state index in [0.717, 1.165) is 22.2 Å². The predicted octanol–water partition coefficient (Wildman–Crippen LogP) is 4.12. The Balaban J connectivity index is 2.32. The Bertz CT molecular complexity index is 854. The number of para-hydroxylation sites is 2. The van der Waals surface area contributed by atoms with Crippen LogP contribution in [0.1, 0.15) is 5.56 Å². The Labute approximate surface area is 132 Å². The van der Waals surface area contributed by atoms with Crippen molar-refractivity contribution in [2.24, 2.45) is 0 Å². The van der Waals surface area contributed by atoms with Gasteiger partial charge in [-0.3, -0.25) is 4.79 Å². The number of aromatic amines is 1. The number of aliphatic carboxylic acids is 1. The maximum Gasteiger partial charge on any atom is 0.307 e. The molecule has 0 aliphatic heterocycles. The van der Waals surface area contributed by atoms with Crippen LogP contribution in [0.15, 0.2) is 42.5 Å². The zero-order valence-corrected chi connectivity index (χ0v) is 12.6. The van der Waals surface area contributed by atoms with E-state index in [4.69, 9.17) is 16.3 Å². The highest BCUT2D eigenvalue weighted by Gasteiger charge is 2.19. The summed E-state index contributed by atoms with van der Waals surface area (Å²) in [4.78, 5) is 14.5. The van der Waals surface area contributed by atoms with Crippen LogP contribution in [0.2, 0.25) is 5.02 Å². The number of fused-ring (bicyclic) bond motifs is 1. The molecule has 2 aromatic carbocycles. The molecule has 5 heteroatoms. The van der Waals surface area contributed by atoms with Crippen LogP contribution in [0.5, 0.6) is 5.75 Å². The van der Waals surface area contributed by atoms with E-state index < -0.39 is 5.97 Å². The second-order valence-electron chi connectivity index (χ2n) is 4.91. The van der Waals surface area contributed by atoms with Gasteiger partial charge < -0.3 is 14.8 Å². The zero-order valence-electron chi connectivity index (χ0n) is 11.9. The molecule has 0 unspecified atom stereocenters. The van der Waals surface area contributed by atoms with Crippen molar-refractivity contribution in [1.29, 1.82) is 0 Å². The molecule has 3 rings (SSSR count). The fraction of sp³-hybridized carbons (Fsp3) is 0.118. The summed E-state index contributed by atoms with van der Waals surface area (Å²) in [7, 11) is 1.59. The summed E-state index contributed by atoms with van der Waals surface area (Å²) in [5.74, 6) is -0.214. The van der Waals surface area contributed by atoms with Gasteiger partial charge in [0.05, 0.1) is 29.8 Å². The molecule has 0 spiro atoms.